The van der Waals surface area contributed by atoms with Crippen LogP contribution in [-0.4, -0.2) is 62.6 Å². The highest BCUT2D eigenvalue weighted by Gasteiger charge is 2.53. The quantitative estimate of drug-likeness (QED) is 0.806. The van der Waals surface area contributed by atoms with Crippen molar-refractivity contribution in [3.63, 3.8) is 0 Å². The molecule has 2 rings (SSSR count). The van der Waals surface area contributed by atoms with Gasteiger partial charge in [-0.25, -0.2) is 0 Å². The zero-order valence-corrected chi connectivity index (χ0v) is 14.0. The number of carbonyl (C=O) groups excluding carboxylic acids is 2. The first kappa shape index (κ1) is 16.6. The van der Waals surface area contributed by atoms with Crippen molar-refractivity contribution in [1.82, 2.24) is 9.80 Å². The summed E-state index contributed by atoms with van der Waals surface area (Å²) in [4.78, 5) is 28.5. The highest BCUT2D eigenvalue weighted by atomic mass is 32.2. The normalized spacial score (nSPS) is 28.3. The third kappa shape index (κ3) is 2.93. The largest absolute Gasteiger partial charge is 0.395 e. The molecule has 2 unspecified atom stereocenters. The summed E-state index contributed by atoms with van der Waals surface area (Å²) in [5.41, 5.74) is 0. The minimum Gasteiger partial charge on any atom is -0.395 e. The van der Waals surface area contributed by atoms with Gasteiger partial charge < -0.3 is 14.9 Å². The van der Waals surface area contributed by atoms with Crippen molar-refractivity contribution in [2.75, 3.05) is 18.9 Å². The van der Waals surface area contributed by atoms with Crippen LogP contribution in [0, 0.1) is 0 Å². The van der Waals surface area contributed by atoms with E-state index >= 15 is 0 Å². The molecule has 0 radical (unpaired) electrons. The van der Waals surface area contributed by atoms with Crippen LogP contribution in [0.2, 0.25) is 0 Å². The van der Waals surface area contributed by atoms with Crippen LogP contribution in [0.5, 0.6) is 0 Å². The first-order valence-electron chi connectivity index (χ1n) is 7.86. The number of rotatable bonds is 6. The summed E-state index contributed by atoms with van der Waals surface area (Å²) in [5, 5.41) is 9.28. The van der Waals surface area contributed by atoms with Gasteiger partial charge in [0, 0.05) is 24.8 Å². The lowest BCUT2D eigenvalue weighted by Gasteiger charge is -2.36. The van der Waals surface area contributed by atoms with E-state index in [2.05, 4.69) is 20.8 Å². The standard InChI is InChI=1S/C15H26N2O3S/c1-4-11(5-2)16(8-9-18)14(20)12-10-21-15(3)7-6-13(19)17(12)15/h11-12,18H,4-10H2,1-3H3. The van der Waals surface area contributed by atoms with Crippen LogP contribution in [0.4, 0.5) is 0 Å². The van der Waals surface area contributed by atoms with E-state index in [1.54, 1.807) is 21.6 Å². The Morgan fingerprint density at radius 3 is 2.76 bits per heavy atom. The molecule has 2 fully saturated rings. The van der Waals surface area contributed by atoms with Gasteiger partial charge in [-0.2, -0.15) is 0 Å². The second-order valence-corrected chi connectivity index (χ2v) is 7.49. The highest BCUT2D eigenvalue weighted by Crippen LogP contribution is 2.47. The molecule has 0 aliphatic carbocycles. The van der Waals surface area contributed by atoms with Gasteiger partial charge >= 0.3 is 0 Å². The number of amides is 2. The predicted octanol–water partition coefficient (Wildman–Crippen LogP) is 1.45. The van der Waals surface area contributed by atoms with Crippen LogP contribution in [0.15, 0.2) is 0 Å². The molecule has 5 nitrogen and oxygen atoms in total. The molecular formula is C15H26N2O3S. The second-order valence-electron chi connectivity index (χ2n) is 5.99. The molecule has 2 atom stereocenters. The Bertz CT molecular complexity index is 414. The van der Waals surface area contributed by atoms with Crippen LogP contribution in [0.25, 0.3) is 0 Å². The summed E-state index contributed by atoms with van der Waals surface area (Å²) < 4.78 is 0. The van der Waals surface area contributed by atoms with E-state index in [1.807, 2.05) is 0 Å². The molecule has 0 spiro atoms. The summed E-state index contributed by atoms with van der Waals surface area (Å²) in [6, 6.07) is -0.221. The number of carbonyl (C=O) groups is 2. The molecular weight excluding hydrogens is 288 g/mol. The lowest BCUT2D eigenvalue weighted by molar-refractivity contribution is -0.145. The Morgan fingerprint density at radius 1 is 1.52 bits per heavy atom. The Balaban J connectivity index is 2.19. The van der Waals surface area contributed by atoms with E-state index in [0.717, 1.165) is 19.3 Å². The van der Waals surface area contributed by atoms with Gasteiger partial charge in [-0.3, -0.25) is 9.59 Å². The van der Waals surface area contributed by atoms with Crippen molar-refractivity contribution in [2.45, 2.75) is 63.4 Å². The number of nitrogens with zero attached hydrogens (tertiary/aromatic N) is 2. The molecule has 1 N–H and O–H groups in total. The van der Waals surface area contributed by atoms with Crippen molar-refractivity contribution in [2.24, 2.45) is 0 Å². The van der Waals surface area contributed by atoms with Crippen molar-refractivity contribution in [1.29, 1.82) is 0 Å². The first-order chi connectivity index (χ1) is 9.98. The molecule has 0 aromatic rings. The third-order valence-corrected chi connectivity index (χ3v) is 6.24. The molecule has 2 aliphatic rings. The van der Waals surface area contributed by atoms with Crippen molar-refractivity contribution in [3.8, 4) is 0 Å². The van der Waals surface area contributed by atoms with Gasteiger partial charge in [0.1, 0.15) is 6.04 Å². The van der Waals surface area contributed by atoms with Gasteiger partial charge in [0.05, 0.1) is 11.5 Å². The van der Waals surface area contributed by atoms with E-state index < -0.39 is 0 Å². The molecule has 21 heavy (non-hydrogen) atoms. The number of aliphatic hydroxyl groups is 1. The third-order valence-electron chi connectivity index (χ3n) is 4.74. The van der Waals surface area contributed by atoms with Crippen LogP contribution in [-0.2, 0) is 9.59 Å². The van der Waals surface area contributed by atoms with Crippen molar-refractivity contribution in [3.05, 3.63) is 0 Å². The first-order valence-corrected chi connectivity index (χ1v) is 8.84. The lowest BCUT2D eigenvalue weighted by Crippen LogP contribution is -2.54. The molecule has 120 valence electrons. The topological polar surface area (TPSA) is 60.9 Å². The van der Waals surface area contributed by atoms with E-state index in [0.29, 0.717) is 18.7 Å². The molecule has 0 aromatic carbocycles. The van der Waals surface area contributed by atoms with Gasteiger partial charge in [-0.15, -0.1) is 11.8 Å². The fourth-order valence-corrected chi connectivity index (χ4v) is 4.93. The van der Waals surface area contributed by atoms with Crippen LogP contribution >= 0.6 is 11.8 Å². The van der Waals surface area contributed by atoms with Gasteiger partial charge in [-0.05, 0) is 26.2 Å². The fraction of sp³-hybridized carbons (Fsp3) is 0.867. The number of aliphatic hydroxyl groups excluding tert-OH is 1. The lowest BCUT2D eigenvalue weighted by atomic mass is 10.1. The van der Waals surface area contributed by atoms with Gasteiger partial charge in [0.2, 0.25) is 11.8 Å². The maximum atomic E-state index is 12.9. The molecule has 2 saturated heterocycles. The predicted molar refractivity (Wildman–Crippen MR) is 83.9 cm³/mol. The molecule has 2 aliphatic heterocycles. The summed E-state index contributed by atoms with van der Waals surface area (Å²) in [6.45, 7) is 6.49. The molecule has 2 amide bonds. The van der Waals surface area contributed by atoms with Crippen molar-refractivity contribution < 1.29 is 14.7 Å². The number of fused-ring (bicyclic) bond motifs is 1. The Labute approximate surface area is 131 Å². The molecule has 0 aromatic heterocycles. The molecule has 0 bridgehead atoms. The Morgan fingerprint density at radius 2 is 2.19 bits per heavy atom. The Hall–Kier alpha value is -0.750. The Kier molecular flexibility index (Phi) is 5.20. The average molecular weight is 314 g/mol. The van der Waals surface area contributed by atoms with Crippen LogP contribution < -0.4 is 0 Å². The summed E-state index contributed by atoms with van der Waals surface area (Å²) in [5.74, 6) is 0.766. The smallest absolute Gasteiger partial charge is 0.246 e. The summed E-state index contributed by atoms with van der Waals surface area (Å²) >= 11 is 1.71. The number of hydrogen-bond acceptors (Lipinski definition) is 4. The van der Waals surface area contributed by atoms with E-state index in [4.69, 9.17) is 0 Å². The maximum Gasteiger partial charge on any atom is 0.246 e. The van der Waals surface area contributed by atoms with E-state index in [9.17, 15) is 14.7 Å². The molecule has 0 saturated carbocycles. The van der Waals surface area contributed by atoms with Crippen molar-refractivity contribution >= 4 is 23.6 Å². The number of hydrogen-bond donors (Lipinski definition) is 1. The highest BCUT2D eigenvalue weighted by molar-refractivity contribution is 8.01. The van der Waals surface area contributed by atoms with Gasteiger partial charge in [0.25, 0.3) is 0 Å². The van der Waals surface area contributed by atoms with Gasteiger partial charge in [-0.1, -0.05) is 13.8 Å². The number of thioether (sulfide) groups is 1. The SMILES string of the molecule is CCC(CC)N(CCO)C(=O)C1CSC2(C)CCC(=O)N12. The van der Waals surface area contributed by atoms with Gasteiger partial charge in [0.15, 0.2) is 0 Å². The molecule has 6 heteroatoms. The van der Waals surface area contributed by atoms with Crippen LogP contribution in [0.3, 0.4) is 0 Å². The zero-order chi connectivity index (χ0) is 15.6. The minimum absolute atomic E-state index is 0.00391. The zero-order valence-electron chi connectivity index (χ0n) is 13.2. The van der Waals surface area contributed by atoms with E-state index in [1.165, 1.54) is 0 Å². The molecule has 2 heterocycles. The second kappa shape index (κ2) is 6.57. The summed E-state index contributed by atoms with van der Waals surface area (Å²) in [7, 11) is 0. The summed E-state index contributed by atoms with van der Waals surface area (Å²) in [6.07, 6.45) is 3.10. The monoisotopic (exact) mass is 314 g/mol. The fourth-order valence-electron chi connectivity index (χ4n) is 3.50. The average Bonchev–Trinajstić information content (AvgIpc) is 2.96. The maximum absolute atomic E-state index is 12.9. The van der Waals surface area contributed by atoms with E-state index in [-0.39, 0.29) is 35.4 Å². The van der Waals surface area contributed by atoms with Crippen LogP contribution in [0.1, 0.15) is 46.5 Å². The minimum atomic E-state index is -0.359.